The highest BCUT2D eigenvalue weighted by Crippen LogP contribution is 2.00. The molecule has 0 aliphatic rings. The normalized spacial score (nSPS) is 11.9. The number of aliphatic hydroxyl groups is 1. The zero-order valence-corrected chi connectivity index (χ0v) is 10.2. The molecule has 1 amide bonds. The molecule has 0 aromatic carbocycles. The number of amides is 1. The lowest BCUT2D eigenvalue weighted by molar-refractivity contribution is -0.136. The number of nitrogens with one attached hydrogen (secondary N) is 1. The maximum absolute atomic E-state index is 11.2. The fourth-order valence-corrected chi connectivity index (χ4v) is 0.874. The predicted molar refractivity (Wildman–Crippen MR) is 59.6 cm³/mol. The monoisotopic (exact) mass is 217 g/mol. The molecule has 0 atom stereocenters. The van der Waals surface area contributed by atoms with Crippen LogP contribution in [0.25, 0.3) is 0 Å². The lowest BCUT2D eigenvalue weighted by Gasteiger charge is -2.16. The molecule has 0 aromatic rings. The third-order valence-electron chi connectivity index (χ3n) is 1.93. The van der Waals surface area contributed by atoms with Gasteiger partial charge in [0.2, 0.25) is 0 Å². The van der Waals surface area contributed by atoms with Crippen LogP contribution in [0.1, 0.15) is 34.1 Å². The minimum atomic E-state index is -1.31. The minimum Gasteiger partial charge on any atom is -0.381 e. The number of rotatable bonds is 7. The van der Waals surface area contributed by atoms with Crippen molar-refractivity contribution in [2.24, 2.45) is 5.92 Å². The average Bonchev–Trinajstić information content (AvgIpc) is 2.08. The van der Waals surface area contributed by atoms with Gasteiger partial charge in [-0.25, -0.2) is 0 Å². The lowest BCUT2D eigenvalue weighted by Crippen LogP contribution is -2.43. The molecule has 0 rings (SSSR count). The van der Waals surface area contributed by atoms with Crippen LogP contribution in [-0.2, 0) is 9.53 Å². The molecule has 4 nitrogen and oxygen atoms in total. The van der Waals surface area contributed by atoms with Gasteiger partial charge in [-0.2, -0.15) is 0 Å². The molecule has 0 heterocycles. The third kappa shape index (κ3) is 8.39. The number of carbonyl (C=O) groups excluding carboxylic acids is 1. The Bertz CT molecular complexity index is 185. The molecular weight excluding hydrogens is 194 g/mol. The standard InChI is InChI=1S/C11H23NO3/c1-9(2)5-7-15-8-6-12-10(13)11(3,4)14/h9,14H,5-8H2,1-4H3,(H,12,13). The van der Waals surface area contributed by atoms with E-state index < -0.39 is 5.60 Å². The average molecular weight is 217 g/mol. The van der Waals surface area contributed by atoms with Crippen molar-refractivity contribution in [2.75, 3.05) is 19.8 Å². The van der Waals surface area contributed by atoms with Gasteiger partial charge in [-0.15, -0.1) is 0 Å². The van der Waals surface area contributed by atoms with Gasteiger partial charge < -0.3 is 15.2 Å². The molecule has 0 saturated carbocycles. The minimum absolute atomic E-state index is 0.366. The van der Waals surface area contributed by atoms with E-state index in [1.54, 1.807) is 0 Å². The van der Waals surface area contributed by atoms with Gasteiger partial charge in [0.15, 0.2) is 0 Å². The Kier molecular flexibility index (Phi) is 6.52. The maximum atomic E-state index is 11.2. The molecule has 0 bridgehead atoms. The quantitative estimate of drug-likeness (QED) is 0.624. The van der Waals surface area contributed by atoms with Crippen LogP contribution in [0.3, 0.4) is 0 Å². The summed E-state index contributed by atoms with van der Waals surface area (Å²) < 4.78 is 5.31. The molecule has 0 aliphatic carbocycles. The Morgan fingerprint density at radius 1 is 1.40 bits per heavy atom. The predicted octanol–water partition coefficient (Wildman–Crippen LogP) is 0.936. The molecule has 2 N–H and O–H groups in total. The third-order valence-corrected chi connectivity index (χ3v) is 1.93. The van der Waals surface area contributed by atoms with E-state index in [0.29, 0.717) is 19.1 Å². The van der Waals surface area contributed by atoms with Gasteiger partial charge in [-0.1, -0.05) is 13.8 Å². The van der Waals surface area contributed by atoms with Gasteiger partial charge in [0.25, 0.3) is 5.91 Å². The highest BCUT2D eigenvalue weighted by molar-refractivity contribution is 5.83. The molecule has 0 saturated heterocycles. The van der Waals surface area contributed by atoms with Crippen molar-refractivity contribution >= 4 is 5.91 Å². The van der Waals surface area contributed by atoms with Crippen molar-refractivity contribution in [3.63, 3.8) is 0 Å². The lowest BCUT2D eigenvalue weighted by atomic mass is 10.1. The van der Waals surface area contributed by atoms with Gasteiger partial charge in [0, 0.05) is 13.2 Å². The van der Waals surface area contributed by atoms with Crippen molar-refractivity contribution in [3.8, 4) is 0 Å². The highest BCUT2D eigenvalue weighted by Gasteiger charge is 2.22. The Labute approximate surface area is 92.0 Å². The Hall–Kier alpha value is -0.610. The van der Waals surface area contributed by atoms with Gasteiger partial charge in [-0.05, 0) is 26.2 Å². The molecular formula is C11H23NO3. The first-order valence-corrected chi connectivity index (χ1v) is 5.42. The second-order valence-electron chi connectivity index (χ2n) is 4.61. The van der Waals surface area contributed by atoms with Gasteiger partial charge in [0.1, 0.15) is 5.60 Å². The summed E-state index contributed by atoms with van der Waals surface area (Å²) >= 11 is 0. The second-order valence-corrected chi connectivity index (χ2v) is 4.61. The topological polar surface area (TPSA) is 58.6 Å². The van der Waals surface area contributed by atoms with Gasteiger partial charge in [0.05, 0.1) is 6.61 Å². The number of hydrogen-bond donors (Lipinski definition) is 2. The smallest absolute Gasteiger partial charge is 0.251 e. The highest BCUT2D eigenvalue weighted by atomic mass is 16.5. The molecule has 0 spiro atoms. The molecule has 0 radical (unpaired) electrons. The molecule has 4 heteroatoms. The van der Waals surface area contributed by atoms with Crippen molar-refractivity contribution in [2.45, 2.75) is 39.7 Å². The number of hydrogen-bond acceptors (Lipinski definition) is 3. The second kappa shape index (κ2) is 6.80. The summed E-state index contributed by atoms with van der Waals surface area (Å²) in [7, 11) is 0. The first-order valence-electron chi connectivity index (χ1n) is 5.42. The van der Waals surface area contributed by atoms with E-state index in [1.807, 2.05) is 0 Å². The molecule has 90 valence electrons. The first-order chi connectivity index (χ1) is 6.84. The maximum Gasteiger partial charge on any atom is 0.251 e. The summed E-state index contributed by atoms with van der Waals surface area (Å²) in [5.74, 6) is 0.269. The fraction of sp³-hybridized carbons (Fsp3) is 0.909. The van der Waals surface area contributed by atoms with Crippen molar-refractivity contribution in [1.82, 2.24) is 5.32 Å². The Balaban J connectivity index is 3.36. The van der Waals surface area contributed by atoms with Gasteiger partial charge in [-0.3, -0.25) is 4.79 Å². The van der Waals surface area contributed by atoms with Crippen LogP contribution in [0.2, 0.25) is 0 Å². The van der Waals surface area contributed by atoms with Crippen LogP contribution in [0.15, 0.2) is 0 Å². The Morgan fingerprint density at radius 3 is 2.47 bits per heavy atom. The zero-order chi connectivity index (χ0) is 11.9. The summed E-state index contributed by atoms with van der Waals surface area (Å²) in [6, 6.07) is 0. The van der Waals surface area contributed by atoms with E-state index in [9.17, 15) is 9.90 Å². The van der Waals surface area contributed by atoms with E-state index in [-0.39, 0.29) is 5.91 Å². The summed E-state index contributed by atoms with van der Waals surface area (Å²) in [4.78, 5) is 11.2. The van der Waals surface area contributed by atoms with E-state index in [1.165, 1.54) is 13.8 Å². The van der Waals surface area contributed by atoms with Crippen LogP contribution < -0.4 is 5.32 Å². The summed E-state index contributed by atoms with van der Waals surface area (Å²) in [6.45, 7) is 8.86. The summed E-state index contributed by atoms with van der Waals surface area (Å²) in [5, 5.41) is 11.9. The van der Waals surface area contributed by atoms with Crippen LogP contribution in [-0.4, -0.2) is 36.4 Å². The van der Waals surface area contributed by atoms with Gasteiger partial charge >= 0.3 is 0 Å². The van der Waals surface area contributed by atoms with Crippen molar-refractivity contribution in [1.29, 1.82) is 0 Å². The summed E-state index contributed by atoms with van der Waals surface area (Å²) in [6.07, 6.45) is 1.03. The van der Waals surface area contributed by atoms with Crippen LogP contribution in [0.5, 0.6) is 0 Å². The van der Waals surface area contributed by atoms with E-state index in [4.69, 9.17) is 4.74 Å². The largest absolute Gasteiger partial charge is 0.381 e. The van der Waals surface area contributed by atoms with Crippen LogP contribution in [0.4, 0.5) is 0 Å². The SMILES string of the molecule is CC(C)CCOCCNC(=O)C(C)(C)O. The fourth-order valence-electron chi connectivity index (χ4n) is 0.874. The summed E-state index contributed by atoms with van der Waals surface area (Å²) in [5.41, 5.74) is -1.31. The number of ether oxygens (including phenoxy) is 1. The zero-order valence-electron chi connectivity index (χ0n) is 10.2. The molecule has 0 aromatic heterocycles. The first kappa shape index (κ1) is 14.4. The molecule has 0 unspecified atom stereocenters. The van der Waals surface area contributed by atoms with E-state index >= 15 is 0 Å². The molecule has 0 fully saturated rings. The molecule has 15 heavy (non-hydrogen) atoms. The number of carbonyl (C=O) groups is 1. The molecule has 0 aliphatic heterocycles. The Morgan fingerprint density at radius 2 is 2.00 bits per heavy atom. The van der Waals surface area contributed by atoms with Crippen LogP contribution in [0, 0.1) is 5.92 Å². The van der Waals surface area contributed by atoms with Crippen molar-refractivity contribution in [3.05, 3.63) is 0 Å². The van der Waals surface area contributed by atoms with E-state index in [2.05, 4.69) is 19.2 Å². The van der Waals surface area contributed by atoms with Crippen LogP contribution >= 0.6 is 0 Å². The van der Waals surface area contributed by atoms with E-state index in [0.717, 1.165) is 13.0 Å². The van der Waals surface area contributed by atoms with Crippen molar-refractivity contribution < 1.29 is 14.6 Å².